The van der Waals surface area contributed by atoms with Gasteiger partial charge in [-0.3, -0.25) is 4.79 Å². The van der Waals surface area contributed by atoms with Crippen LogP contribution in [0.3, 0.4) is 0 Å². The van der Waals surface area contributed by atoms with Gasteiger partial charge in [-0.15, -0.1) is 5.10 Å². The van der Waals surface area contributed by atoms with Crippen LogP contribution >= 0.6 is 15.9 Å². The van der Waals surface area contributed by atoms with E-state index in [1.54, 1.807) is 18.2 Å². The molecule has 1 unspecified atom stereocenters. The second-order valence-corrected chi connectivity index (χ2v) is 5.84. The number of aromatic nitrogens is 4. The Morgan fingerprint density at radius 1 is 1.48 bits per heavy atom. The third-order valence-electron chi connectivity index (χ3n) is 3.12. The van der Waals surface area contributed by atoms with Crippen molar-refractivity contribution in [1.82, 2.24) is 25.5 Å². The number of hydrogen-bond donors (Lipinski definition) is 2. The number of rotatable bonds is 5. The van der Waals surface area contributed by atoms with Gasteiger partial charge in [0.2, 0.25) is 0 Å². The van der Waals surface area contributed by atoms with Crippen molar-refractivity contribution in [3.8, 4) is 5.69 Å². The van der Waals surface area contributed by atoms with E-state index in [2.05, 4.69) is 36.8 Å². The van der Waals surface area contributed by atoms with Crippen LogP contribution in [0.2, 0.25) is 0 Å². The van der Waals surface area contributed by atoms with Crippen LogP contribution in [-0.2, 0) is 0 Å². The summed E-state index contributed by atoms with van der Waals surface area (Å²) >= 11 is 3.35. The van der Waals surface area contributed by atoms with Crippen molar-refractivity contribution in [3.05, 3.63) is 34.6 Å². The van der Waals surface area contributed by atoms with E-state index < -0.39 is 0 Å². The molecule has 0 aliphatic heterocycles. The molecule has 0 aliphatic rings. The molecule has 7 nitrogen and oxygen atoms in total. The topological polar surface area (TPSA) is 92.9 Å². The van der Waals surface area contributed by atoms with E-state index in [1.807, 2.05) is 13.8 Å². The normalized spacial score (nSPS) is 12.4. The summed E-state index contributed by atoms with van der Waals surface area (Å²) in [4.78, 5) is 12.5. The third kappa shape index (κ3) is 3.64. The van der Waals surface area contributed by atoms with Gasteiger partial charge in [-0.2, -0.15) is 4.68 Å². The summed E-state index contributed by atoms with van der Waals surface area (Å²) in [5.41, 5.74) is 0.997. The van der Waals surface area contributed by atoms with Gasteiger partial charge in [0.1, 0.15) is 6.33 Å². The third-order valence-corrected chi connectivity index (χ3v) is 3.61. The summed E-state index contributed by atoms with van der Waals surface area (Å²) in [5.74, 6) is -0.155. The minimum Gasteiger partial charge on any atom is -0.394 e. The molecule has 21 heavy (non-hydrogen) atoms. The van der Waals surface area contributed by atoms with Gasteiger partial charge < -0.3 is 10.4 Å². The Kier molecular flexibility index (Phi) is 5.03. The summed E-state index contributed by atoms with van der Waals surface area (Å²) < 4.78 is 2.19. The Labute approximate surface area is 130 Å². The number of nitrogens with one attached hydrogen (secondary N) is 1. The fourth-order valence-electron chi connectivity index (χ4n) is 1.83. The van der Waals surface area contributed by atoms with Crippen LogP contribution in [0.1, 0.15) is 24.2 Å². The molecule has 0 saturated heterocycles. The maximum absolute atomic E-state index is 12.5. The van der Waals surface area contributed by atoms with Gasteiger partial charge in [0.05, 0.1) is 23.9 Å². The molecule has 1 amide bonds. The first kappa shape index (κ1) is 15.6. The van der Waals surface area contributed by atoms with E-state index in [0.29, 0.717) is 11.3 Å². The monoisotopic (exact) mass is 353 g/mol. The lowest BCUT2D eigenvalue weighted by Crippen LogP contribution is -2.41. The van der Waals surface area contributed by atoms with Crippen LogP contribution < -0.4 is 5.32 Å². The Bertz CT molecular complexity index is 615. The van der Waals surface area contributed by atoms with Gasteiger partial charge in [-0.1, -0.05) is 29.8 Å². The van der Waals surface area contributed by atoms with E-state index in [9.17, 15) is 9.90 Å². The molecule has 2 aromatic rings. The average Bonchev–Trinajstić information content (AvgIpc) is 2.98. The molecule has 0 bridgehead atoms. The Hall–Kier alpha value is -1.80. The molecule has 8 heteroatoms. The molecular formula is C13H16BrN5O2. The van der Waals surface area contributed by atoms with E-state index in [0.717, 1.165) is 4.47 Å². The van der Waals surface area contributed by atoms with Crippen molar-refractivity contribution < 1.29 is 9.90 Å². The van der Waals surface area contributed by atoms with Crippen LogP contribution in [0.25, 0.3) is 5.69 Å². The van der Waals surface area contributed by atoms with Crippen molar-refractivity contribution in [2.45, 2.75) is 19.9 Å². The second kappa shape index (κ2) is 6.77. The molecule has 0 radical (unpaired) electrons. The highest BCUT2D eigenvalue weighted by Crippen LogP contribution is 2.19. The Morgan fingerprint density at radius 3 is 2.81 bits per heavy atom. The quantitative estimate of drug-likeness (QED) is 0.841. The number of aliphatic hydroxyl groups is 1. The number of halogens is 1. The molecule has 1 atom stereocenters. The van der Waals surface area contributed by atoms with Gasteiger partial charge in [0, 0.05) is 4.47 Å². The first-order chi connectivity index (χ1) is 10.0. The van der Waals surface area contributed by atoms with Crippen molar-refractivity contribution >= 4 is 21.8 Å². The maximum atomic E-state index is 12.5. The summed E-state index contributed by atoms with van der Waals surface area (Å²) in [6.07, 6.45) is 1.42. The standard InChI is InChI=1S/C13H16BrN5O2/c1-8(2)11(6-20)16-13(21)10-5-9(14)3-4-12(10)19-7-15-17-18-19/h3-5,7-8,11,20H,6H2,1-2H3,(H,16,21). The van der Waals surface area contributed by atoms with Crippen molar-refractivity contribution in [3.63, 3.8) is 0 Å². The van der Waals surface area contributed by atoms with Gasteiger partial charge >= 0.3 is 0 Å². The Morgan fingerprint density at radius 2 is 2.24 bits per heavy atom. The van der Waals surface area contributed by atoms with E-state index in [4.69, 9.17) is 0 Å². The zero-order valence-electron chi connectivity index (χ0n) is 11.7. The van der Waals surface area contributed by atoms with Gasteiger partial charge in [-0.25, -0.2) is 0 Å². The molecule has 1 aromatic heterocycles. The molecule has 0 spiro atoms. The smallest absolute Gasteiger partial charge is 0.253 e. The number of aliphatic hydroxyl groups excluding tert-OH is 1. The maximum Gasteiger partial charge on any atom is 0.253 e. The summed E-state index contributed by atoms with van der Waals surface area (Å²) in [5, 5.41) is 23.1. The molecule has 112 valence electrons. The second-order valence-electron chi connectivity index (χ2n) is 4.92. The molecule has 2 rings (SSSR count). The zero-order valence-corrected chi connectivity index (χ0v) is 13.3. The summed E-state index contributed by atoms with van der Waals surface area (Å²) in [6, 6.07) is 4.94. The number of nitrogens with zero attached hydrogens (tertiary/aromatic N) is 4. The first-order valence-corrected chi connectivity index (χ1v) is 7.27. The summed E-state index contributed by atoms with van der Waals surface area (Å²) in [6.45, 7) is 3.76. The number of amides is 1. The van der Waals surface area contributed by atoms with E-state index in [-0.39, 0.29) is 24.5 Å². The number of carbonyl (C=O) groups is 1. The van der Waals surface area contributed by atoms with Crippen LogP contribution in [0.4, 0.5) is 0 Å². The summed E-state index contributed by atoms with van der Waals surface area (Å²) in [7, 11) is 0. The number of benzene rings is 1. The van der Waals surface area contributed by atoms with E-state index >= 15 is 0 Å². The molecule has 0 fully saturated rings. The molecular weight excluding hydrogens is 338 g/mol. The van der Waals surface area contributed by atoms with Crippen molar-refractivity contribution in [1.29, 1.82) is 0 Å². The fraction of sp³-hybridized carbons (Fsp3) is 0.385. The predicted molar refractivity (Wildman–Crippen MR) is 80.0 cm³/mol. The Balaban J connectivity index is 2.34. The fourth-order valence-corrected chi connectivity index (χ4v) is 2.19. The van der Waals surface area contributed by atoms with Crippen LogP contribution in [0, 0.1) is 5.92 Å². The molecule has 2 N–H and O–H groups in total. The highest BCUT2D eigenvalue weighted by atomic mass is 79.9. The van der Waals surface area contributed by atoms with Crippen LogP contribution in [-0.4, -0.2) is 43.9 Å². The first-order valence-electron chi connectivity index (χ1n) is 6.47. The average molecular weight is 354 g/mol. The lowest BCUT2D eigenvalue weighted by Gasteiger charge is -2.20. The largest absolute Gasteiger partial charge is 0.394 e. The number of hydrogen-bond acceptors (Lipinski definition) is 5. The zero-order chi connectivity index (χ0) is 15.4. The van der Waals surface area contributed by atoms with E-state index in [1.165, 1.54) is 11.0 Å². The van der Waals surface area contributed by atoms with Crippen LogP contribution in [0.5, 0.6) is 0 Å². The lowest BCUT2D eigenvalue weighted by molar-refractivity contribution is 0.0896. The number of carbonyl (C=O) groups excluding carboxylic acids is 1. The predicted octanol–water partition coefficient (Wildman–Crippen LogP) is 1.17. The van der Waals surface area contributed by atoms with Gasteiger partial charge in [-0.05, 0) is 34.5 Å². The van der Waals surface area contributed by atoms with Crippen molar-refractivity contribution in [2.75, 3.05) is 6.61 Å². The molecule has 0 saturated carbocycles. The van der Waals surface area contributed by atoms with Crippen LogP contribution in [0.15, 0.2) is 29.0 Å². The van der Waals surface area contributed by atoms with Gasteiger partial charge in [0.15, 0.2) is 0 Å². The highest BCUT2D eigenvalue weighted by Gasteiger charge is 2.19. The molecule has 0 aliphatic carbocycles. The minimum absolute atomic E-state index is 0.113. The van der Waals surface area contributed by atoms with Crippen molar-refractivity contribution in [2.24, 2.45) is 5.92 Å². The molecule has 1 heterocycles. The molecule has 1 aromatic carbocycles. The number of tetrazole rings is 1. The lowest BCUT2D eigenvalue weighted by atomic mass is 10.0. The highest BCUT2D eigenvalue weighted by molar-refractivity contribution is 9.10. The van der Waals surface area contributed by atoms with Gasteiger partial charge in [0.25, 0.3) is 5.91 Å². The minimum atomic E-state index is -0.307. The SMILES string of the molecule is CC(C)C(CO)NC(=O)c1cc(Br)ccc1-n1cnnn1.